The number of carboxylic acids is 1. The first kappa shape index (κ1) is 24.4. The van der Waals surface area contributed by atoms with Gasteiger partial charge in [0.1, 0.15) is 6.04 Å². The predicted octanol–water partition coefficient (Wildman–Crippen LogP) is 2.26. The van der Waals surface area contributed by atoms with Gasteiger partial charge in [0.2, 0.25) is 5.88 Å². The van der Waals surface area contributed by atoms with Crippen molar-refractivity contribution in [2.24, 2.45) is 16.5 Å². The summed E-state index contributed by atoms with van der Waals surface area (Å²) in [6.45, 7) is 2.17. The highest BCUT2D eigenvalue weighted by molar-refractivity contribution is 6.05. The lowest BCUT2D eigenvalue weighted by Crippen LogP contribution is -2.36. The molecule has 0 bridgehead atoms. The van der Waals surface area contributed by atoms with E-state index in [0.29, 0.717) is 17.0 Å². The summed E-state index contributed by atoms with van der Waals surface area (Å²) in [6.07, 6.45) is 0.170. The quantitative estimate of drug-likeness (QED) is 0.296. The van der Waals surface area contributed by atoms with Gasteiger partial charge in [0.15, 0.2) is 5.96 Å². The SMILES string of the molecule is COc1ccc(-c2ccccc2CN=C(N)NC(=O)c2ccc(CC(N)C(=O)O)cc2)c(C)n1. The van der Waals surface area contributed by atoms with Crippen LogP contribution in [0.15, 0.2) is 65.7 Å². The van der Waals surface area contributed by atoms with Crippen molar-refractivity contribution in [1.82, 2.24) is 10.3 Å². The van der Waals surface area contributed by atoms with Crippen LogP contribution in [-0.4, -0.2) is 41.1 Å². The monoisotopic (exact) mass is 461 g/mol. The van der Waals surface area contributed by atoms with Gasteiger partial charge in [-0.3, -0.25) is 14.9 Å². The highest BCUT2D eigenvalue weighted by Crippen LogP contribution is 2.28. The lowest BCUT2D eigenvalue weighted by molar-refractivity contribution is -0.138. The van der Waals surface area contributed by atoms with E-state index in [4.69, 9.17) is 21.3 Å². The number of carbonyl (C=O) groups excluding carboxylic acids is 1. The Hall–Kier alpha value is -4.24. The highest BCUT2D eigenvalue weighted by atomic mass is 16.5. The molecule has 9 heteroatoms. The molecule has 0 aliphatic heterocycles. The van der Waals surface area contributed by atoms with Gasteiger partial charge in [-0.2, -0.15) is 0 Å². The van der Waals surface area contributed by atoms with Crippen molar-refractivity contribution in [3.63, 3.8) is 0 Å². The summed E-state index contributed by atoms with van der Waals surface area (Å²) in [4.78, 5) is 32.1. The number of benzene rings is 2. The lowest BCUT2D eigenvalue weighted by Gasteiger charge is -2.12. The largest absolute Gasteiger partial charge is 0.481 e. The van der Waals surface area contributed by atoms with E-state index in [0.717, 1.165) is 22.4 Å². The molecule has 2 aromatic carbocycles. The summed E-state index contributed by atoms with van der Waals surface area (Å²) in [5.74, 6) is -0.965. The fraction of sp³-hybridized carbons (Fsp3) is 0.200. The third kappa shape index (κ3) is 6.17. The van der Waals surface area contributed by atoms with E-state index < -0.39 is 17.9 Å². The molecule has 0 fully saturated rings. The number of ether oxygens (including phenoxy) is 1. The smallest absolute Gasteiger partial charge is 0.320 e. The van der Waals surface area contributed by atoms with E-state index >= 15 is 0 Å². The Morgan fingerprint density at radius 3 is 2.44 bits per heavy atom. The number of methoxy groups -OCH3 is 1. The minimum Gasteiger partial charge on any atom is -0.481 e. The molecule has 3 aromatic rings. The first-order valence-electron chi connectivity index (χ1n) is 10.6. The number of aromatic nitrogens is 1. The number of hydrogen-bond donors (Lipinski definition) is 4. The third-order valence-electron chi connectivity index (χ3n) is 5.23. The number of rotatable bonds is 8. The summed E-state index contributed by atoms with van der Waals surface area (Å²) in [7, 11) is 1.57. The molecule has 6 N–H and O–H groups in total. The number of nitrogens with zero attached hydrogens (tertiary/aromatic N) is 2. The number of pyridine rings is 1. The Morgan fingerprint density at radius 2 is 1.79 bits per heavy atom. The molecular weight excluding hydrogens is 434 g/mol. The summed E-state index contributed by atoms with van der Waals surface area (Å²) in [5.41, 5.74) is 16.2. The van der Waals surface area contributed by atoms with Crippen molar-refractivity contribution < 1.29 is 19.4 Å². The van der Waals surface area contributed by atoms with Gasteiger partial charge in [0.05, 0.1) is 13.7 Å². The fourth-order valence-corrected chi connectivity index (χ4v) is 3.39. The molecule has 0 radical (unpaired) electrons. The highest BCUT2D eigenvalue weighted by Gasteiger charge is 2.13. The van der Waals surface area contributed by atoms with Crippen molar-refractivity contribution in [3.05, 3.63) is 83.0 Å². The molecule has 0 spiro atoms. The molecule has 9 nitrogen and oxygen atoms in total. The van der Waals surface area contributed by atoms with Crippen LogP contribution in [0.2, 0.25) is 0 Å². The maximum atomic E-state index is 12.5. The number of aryl methyl sites for hydroxylation is 1. The number of aliphatic carboxylic acids is 1. The number of carboxylic acid groups (broad SMARTS) is 1. The van der Waals surface area contributed by atoms with Gasteiger partial charge in [-0.25, -0.2) is 9.98 Å². The average molecular weight is 462 g/mol. The first-order chi connectivity index (χ1) is 16.3. The van der Waals surface area contributed by atoms with Crippen LogP contribution in [0.4, 0.5) is 0 Å². The van der Waals surface area contributed by atoms with Crippen molar-refractivity contribution in [3.8, 4) is 17.0 Å². The molecule has 0 saturated carbocycles. The van der Waals surface area contributed by atoms with Crippen molar-refractivity contribution in [1.29, 1.82) is 0 Å². The summed E-state index contributed by atoms with van der Waals surface area (Å²) >= 11 is 0. The number of carbonyl (C=O) groups is 2. The van der Waals surface area contributed by atoms with Crippen LogP contribution in [0.3, 0.4) is 0 Å². The van der Waals surface area contributed by atoms with E-state index in [1.54, 1.807) is 37.4 Å². The standard InChI is InChI=1S/C25H27N5O4/c1-15-19(11-12-22(29-15)34-2)20-6-4-3-5-18(20)14-28-25(27)30-23(31)17-9-7-16(8-10-17)13-21(26)24(32)33/h3-12,21H,13-14,26H2,1-2H3,(H,32,33)(H3,27,28,30,31). The number of nitrogens with two attached hydrogens (primary N) is 2. The molecule has 1 unspecified atom stereocenters. The van der Waals surface area contributed by atoms with Crippen molar-refractivity contribution >= 4 is 17.8 Å². The van der Waals surface area contributed by atoms with Crippen LogP contribution in [-0.2, 0) is 17.8 Å². The van der Waals surface area contributed by atoms with Gasteiger partial charge in [-0.1, -0.05) is 36.4 Å². The molecule has 0 aliphatic rings. The third-order valence-corrected chi connectivity index (χ3v) is 5.23. The average Bonchev–Trinajstić information content (AvgIpc) is 2.83. The molecule has 1 atom stereocenters. The zero-order valence-corrected chi connectivity index (χ0v) is 19.0. The van der Waals surface area contributed by atoms with Gasteiger partial charge < -0.3 is 21.3 Å². The maximum absolute atomic E-state index is 12.5. The van der Waals surface area contributed by atoms with E-state index in [1.165, 1.54) is 0 Å². The molecule has 3 rings (SSSR count). The summed E-state index contributed by atoms with van der Waals surface area (Å²) < 4.78 is 5.18. The second-order valence-electron chi connectivity index (χ2n) is 7.65. The first-order valence-corrected chi connectivity index (χ1v) is 10.6. The molecule has 0 aliphatic carbocycles. The Bertz CT molecular complexity index is 1210. The molecular formula is C25H27N5O4. The molecule has 1 heterocycles. The zero-order valence-electron chi connectivity index (χ0n) is 19.0. The molecule has 1 aromatic heterocycles. The number of guanidine groups is 1. The van der Waals surface area contributed by atoms with Crippen LogP contribution in [0, 0.1) is 6.92 Å². The van der Waals surface area contributed by atoms with Gasteiger partial charge in [-0.15, -0.1) is 0 Å². The maximum Gasteiger partial charge on any atom is 0.320 e. The number of hydrogen-bond acceptors (Lipinski definition) is 6. The number of nitrogens with one attached hydrogen (secondary N) is 1. The molecule has 0 saturated heterocycles. The van der Waals surface area contributed by atoms with E-state index in [-0.39, 0.29) is 18.9 Å². The van der Waals surface area contributed by atoms with Gasteiger partial charge >= 0.3 is 5.97 Å². The van der Waals surface area contributed by atoms with Crippen LogP contribution >= 0.6 is 0 Å². The van der Waals surface area contributed by atoms with E-state index in [9.17, 15) is 9.59 Å². The Balaban J connectivity index is 1.68. The molecule has 34 heavy (non-hydrogen) atoms. The minimum absolute atomic E-state index is 0.0126. The summed E-state index contributed by atoms with van der Waals surface area (Å²) in [6, 6.07) is 17.0. The van der Waals surface area contributed by atoms with E-state index in [2.05, 4.69) is 15.3 Å². The topological polar surface area (TPSA) is 153 Å². The Morgan fingerprint density at radius 1 is 1.09 bits per heavy atom. The number of aliphatic imine (C=N–C) groups is 1. The minimum atomic E-state index is -1.08. The summed E-state index contributed by atoms with van der Waals surface area (Å²) in [5, 5.41) is 11.5. The normalized spacial score (nSPS) is 12.1. The second-order valence-corrected chi connectivity index (χ2v) is 7.65. The Kier molecular flexibility index (Phi) is 7.94. The van der Waals surface area contributed by atoms with Crippen LogP contribution in [0.5, 0.6) is 5.88 Å². The predicted molar refractivity (Wildman–Crippen MR) is 130 cm³/mol. The van der Waals surface area contributed by atoms with Crippen LogP contribution in [0.1, 0.15) is 27.2 Å². The molecule has 176 valence electrons. The van der Waals surface area contributed by atoms with Crippen molar-refractivity contribution in [2.75, 3.05) is 7.11 Å². The fourth-order valence-electron chi connectivity index (χ4n) is 3.39. The Labute approximate surface area is 197 Å². The van der Waals surface area contributed by atoms with Crippen LogP contribution in [0.25, 0.3) is 11.1 Å². The second kappa shape index (κ2) is 11.1. The van der Waals surface area contributed by atoms with Crippen molar-refractivity contribution in [2.45, 2.75) is 25.9 Å². The zero-order chi connectivity index (χ0) is 24.7. The number of amides is 1. The lowest BCUT2D eigenvalue weighted by atomic mass is 9.99. The van der Waals surface area contributed by atoms with Gasteiger partial charge in [0, 0.05) is 22.9 Å². The van der Waals surface area contributed by atoms with E-state index in [1.807, 2.05) is 37.3 Å². The van der Waals surface area contributed by atoms with Gasteiger partial charge in [-0.05, 0) is 48.2 Å². The van der Waals surface area contributed by atoms with Gasteiger partial charge in [0.25, 0.3) is 5.91 Å². The molecule has 1 amide bonds. The van der Waals surface area contributed by atoms with Crippen LogP contribution < -0.4 is 21.5 Å².